The Bertz CT molecular complexity index is 438. The van der Waals surface area contributed by atoms with Gasteiger partial charge >= 0.3 is 0 Å². The van der Waals surface area contributed by atoms with Crippen LogP contribution in [0.2, 0.25) is 0 Å². The first-order valence-corrected chi connectivity index (χ1v) is 5.36. The Balaban J connectivity index is 1.76. The van der Waals surface area contributed by atoms with Gasteiger partial charge in [-0.15, -0.1) is 0 Å². The van der Waals surface area contributed by atoms with E-state index in [0.29, 0.717) is 31.5 Å². The van der Waals surface area contributed by atoms with Crippen molar-refractivity contribution in [3.63, 3.8) is 0 Å². The fourth-order valence-corrected chi connectivity index (χ4v) is 1.47. The maximum absolute atomic E-state index is 11.6. The van der Waals surface area contributed by atoms with Crippen LogP contribution in [0.25, 0.3) is 0 Å². The van der Waals surface area contributed by atoms with Gasteiger partial charge in [0.2, 0.25) is 5.91 Å². The molecule has 90 valence electrons. The van der Waals surface area contributed by atoms with Gasteiger partial charge in [-0.3, -0.25) is 9.59 Å². The molecule has 0 unspecified atom stereocenters. The number of carbonyl (C=O) groups excluding carboxylic acids is 2. The van der Waals surface area contributed by atoms with Gasteiger partial charge in [-0.25, -0.2) is 10.4 Å². The minimum absolute atomic E-state index is 0.154. The lowest BCUT2D eigenvalue weighted by Crippen LogP contribution is -2.37. The molecule has 0 aliphatic carbocycles. The monoisotopic (exact) mass is 235 g/mol. The summed E-state index contributed by atoms with van der Waals surface area (Å²) in [5.41, 5.74) is 3.62. The van der Waals surface area contributed by atoms with E-state index in [0.717, 1.165) is 5.69 Å². The summed E-state index contributed by atoms with van der Waals surface area (Å²) in [4.78, 5) is 29.3. The Hall–Kier alpha value is -2.18. The number of aromatic nitrogens is 2. The van der Waals surface area contributed by atoms with E-state index in [1.54, 1.807) is 12.5 Å². The summed E-state index contributed by atoms with van der Waals surface area (Å²) >= 11 is 0. The van der Waals surface area contributed by atoms with Crippen LogP contribution in [0.4, 0.5) is 0 Å². The van der Waals surface area contributed by atoms with E-state index in [-0.39, 0.29) is 11.8 Å². The average molecular weight is 235 g/mol. The molecule has 1 aliphatic heterocycles. The van der Waals surface area contributed by atoms with Crippen molar-refractivity contribution in [2.75, 3.05) is 6.54 Å². The van der Waals surface area contributed by atoms with Crippen LogP contribution < -0.4 is 10.7 Å². The van der Waals surface area contributed by atoms with Crippen molar-refractivity contribution in [2.24, 2.45) is 5.10 Å². The Kier molecular flexibility index (Phi) is 3.49. The smallest absolute Gasteiger partial charge is 0.267 e. The molecule has 2 amide bonds. The van der Waals surface area contributed by atoms with E-state index in [9.17, 15) is 9.59 Å². The molecule has 7 nitrogen and oxygen atoms in total. The molecule has 2 rings (SSSR count). The molecule has 7 heteroatoms. The molecular weight excluding hydrogens is 222 g/mol. The van der Waals surface area contributed by atoms with E-state index < -0.39 is 0 Å². The lowest BCUT2D eigenvalue weighted by molar-refractivity contribution is -0.121. The third-order valence-electron chi connectivity index (χ3n) is 2.40. The molecule has 0 radical (unpaired) electrons. The molecule has 0 saturated carbocycles. The maximum Gasteiger partial charge on any atom is 0.267 e. The van der Waals surface area contributed by atoms with Crippen molar-refractivity contribution in [2.45, 2.75) is 19.3 Å². The zero-order valence-corrected chi connectivity index (χ0v) is 9.19. The normalized spacial score (nSPS) is 15.1. The number of hydrazone groups is 1. The molecule has 17 heavy (non-hydrogen) atoms. The van der Waals surface area contributed by atoms with E-state index in [2.05, 4.69) is 25.8 Å². The van der Waals surface area contributed by atoms with Gasteiger partial charge in [0.15, 0.2) is 0 Å². The van der Waals surface area contributed by atoms with Crippen LogP contribution in [0.1, 0.15) is 18.5 Å². The summed E-state index contributed by atoms with van der Waals surface area (Å²) in [5.74, 6) is -0.386. The van der Waals surface area contributed by atoms with Crippen molar-refractivity contribution in [3.8, 4) is 0 Å². The highest BCUT2D eigenvalue weighted by molar-refractivity contribution is 6.39. The topological polar surface area (TPSA) is 99.2 Å². The number of H-pyrrole nitrogens is 1. The van der Waals surface area contributed by atoms with Crippen LogP contribution in [-0.4, -0.2) is 34.0 Å². The number of hydrogen-bond donors (Lipinski definition) is 3. The highest BCUT2D eigenvalue weighted by atomic mass is 16.2. The van der Waals surface area contributed by atoms with Gasteiger partial charge < -0.3 is 10.3 Å². The van der Waals surface area contributed by atoms with Gasteiger partial charge in [-0.05, 0) is 0 Å². The second-order valence-electron chi connectivity index (χ2n) is 3.68. The summed E-state index contributed by atoms with van der Waals surface area (Å²) in [6.45, 7) is 0.508. The molecule has 0 aromatic carbocycles. The van der Waals surface area contributed by atoms with Crippen molar-refractivity contribution < 1.29 is 9.59 Å². The molecule has 0 saturated heterocycles. The van der Waals surface area contributed by atoms with Crippen molar-refractivity contribution >= 4 is 17.5 Å². The lowest BCUT2D eigenvalue weighted by Gasteiger charge is -2.11. The van der Waals surface area contributed by atoms with Crippen LogP contribution in [0.15, 0.2) is 17.6 Å². The van der Waals surface area contributed by atoms with Crippen LogP contribution >= 0.6 is 0 Å². The van der Waals surface area contributed by atoms with E-state index in [4.69, 9.17) is 0 Å². The number of nitrogens with zero attached hydrogens (tertiary/aromatic N) is 2. The molecule has 0 atom stereocenters. The van der Waals surface area contributed by atoms with E-state index in [1.807, 2.05) is 0 Å². The quantitative estimate of drug-likeness (QED) is 0.645. The molecule has 0 bridgehead atoms. The van der Waals surface area contributed by atoms with Gasteiger partial charge in [0.25, 0.3) is 5.91 Å². The minimum Gasteiger partial charge on any atom is -0.351 e. The minimum atomic E-state index is -0.232. The van der Waals surface area contributed by atoms with Crippen LogP contribution in [-0.2, 0) is 16.0 Å². The van der Waals surface area contributed by atoms with Gasteiger partial charge in [-0.2, -0.15) is 5.10 Å². The second kappa shape index (κ2) is 5.24. The highest BCUT2D eigenvalue weighted by Gasteiger charge is 2.17. The third-order valence-corrected chi connectivity index (χ3v) is 2.40. The van der Waals surface area contributed by atoms with Gasteiger partial charge in [-0.1, -0.05) is 0 Å². The first-order chi connectivity index (χ1) is 8.25. The summed E-state index contributed by atoms with van der Waals surface area (Å²) in [6.07, 6.45) is 4.70. The summed E-state index contributed by atoms with van der Waals surface area (Å²) in [7, 11) is 0. The van der Waals surface area contributed by atoms with E-state index in [1.165, 1.54) is 0 Å². The zero-order valence-electron chi connectivity index (χ0n) is 9.19. The Labute approximate surface area is 97.7 Å². The number of amides is 2. The Morgan fingerprint density at radius 3 is 3.00 bits per heavy atom. The Morgan fingerprint density at radius 1 is 1.47 bits per heavy atom. The Morgan fingerprint density at radius 2 is 2.35 bits per heavy atom. The SMILES string of the molecule is O=C1CCC(C(=O)NCCc2cnc[nH]2)=NN1. The third kappa shape index (κ3) is 3.13. The summed E-state index contributed by atoms with van der Waals surface area (Å²) in [6, 6.07) is 0. The maximum atomic E-state index is 11.6. The second-order valence-corrected chi connectivity index (χ2v) is 3.68. The molecular formula is C10H13N5O2. The summed E-state index contributed by atoms with van der Waals surface area (Å²) in [5, 5.41) is 6.45. The number of imidazole rings is 1. The van der Waals surface area contributed by atoms with Gasteiger partial charge in [0.05, 0.1) is 6.33 Å². The molecule has 2 heterocycles. The molecule has 1 aromatic heterocycles. The molecule has 3 N–H and O–H groups in total. The van der Waals surface area contributed by atoms with Crippen molar-refractivity contribution in [1.29, 1.82) is 0 Å². The largest absolute Gasteiger partial charge is 0.351 e. The van der Waals surface area contributed by atoms with Crippen molar-refractivity contribution in [3.05, 3.63) is 18.2 Å². The molecule has 1 aromatic rings. The fraction of sp³-hybridized carbons (Fsp3) is 0.400. The number of hydrogen-bond acceptors (Lipinski definition) is 4. The molecule has 0 spiro atoms. The number of nitrogens with one attached hydrogen (secondary N) is 3. The molecule has 1 aliphatic rings. The van der Waals surface area contributed by atoms with Crippen LogP contribution in [0.3, 0.4) is 0 Å². The number of carbonyl (C=O) groups is 2. The summed E-state index contributed by atoms with van der Waals surface area (Å²) < 4.78 is 0. The highest BCUT2D eigenvalue weighted by Crippen LogP contribution is 1.99. The van der Waals surface area contributed by atoms with E-state index >= 15 is 0 Å². The number of aromatic amines is 1. The standard InChI is InChI=1S/C10H13N5O2/c16-9-2-1-8(14-15-9)10(17)12-4-3-7-5-11-6-13-7/h5-6H,1-4H2,(H,11,13)(H,12,17)(H,15,16). The fourth-order valence-electron chi connectivity index (χ4n) is 1.47. The zero-order chi connectivity index (χ0) is 12.1. The predicted molar refractivity (Wildman–Crippen MR) is 60.1 cm³/mol. The first kappa shape index (κ1) is 11.3. The van der Waals surface area contributed by atoms with Gasteiger partial charge in [0, 0.05) is 37.7 Å². The predicted octanol–water partition coefficient (Wildman–Crippen LogP) is -0.666. The number of rotatable bonds is 4. The first-order valence-electron chi connectivity index (χ1n) is 5.36. The van der Waals surface area contributed by atoms with Crippen molar-refractivity contribution in [1.82, 2.24) is 20.7 Å². The molecule has 0 fully saturated rings. The lowest BCUT2D eigenvalue weighted by atomic mass is 10.1. The average Bonchev–Trinajstić information content (AvgIpc) is 2.83. The van der Waals surface area contributed by atoms with Crippen LogP contribution in [0.5, 0.6) is 0 Å². The van der Waals surface area contributed by atoms with Gasteiger partial charge in [0.1, 0.15) is 5.71 Å². The van der Waals surface area contributed by atoms with Crippen LogP contribution in [0, 0.1) is 0 Å².